The third-order valence-corrected chi connectivity index (χ3v) is 6.21. The Balaban J connectivity index is 1.61. The van der Waals surface area contributed by atoms with Crippen LogP contribution in [0, 0.1) is 11.8 Å². The van der Waals surface area contributed by atoms with Crippen LogP contribution in [0.5, 0.6) is 11.5 Å². The highest BCUT2D eigenvalue weighted by Gasteiger charge is 2.39. The second-order valence-corrected chi connectivity index (χ2v) is 8.12. The molecule has 2 aromatic rings. The van der Waals surface area contributed by atoms with Crippen LogP contribution in [-0.2, 0) is 16.0 Å². The van der Waals surface area contributed by atoms with Crippen LogP contribution in [0.3, 0.4) is 0 Å². The number of aromatic hydroxyl groups is 1. The van der Waals surface area contributed by atoms with Gasteiger partial charge in [0.25, 0.3) is 0 Å². The number of fused-ring (bicyclic) bond motifs is 1. The molecule has 0 radical (unpaired) electrons. The normalized spacial score (nSPS) is 20.1. The molecule has 1 aliphatic heterocycles. The summed E-state index contributed by atoms with van der Waals surface area (Å²) in [4.78, 5) is 23.3. The quantitative estimate of drug-likeness (QED) is 0.574. The highest BCUT2D eigenvalue weighted by atomic mass is 16.5. The standard InChI is InChI=1S/C24H26O5/c1-14(24(27)28-2)23(16-4-5-16)18-6-3-15-8-10-21(29-22(15)12-18)17-7-9-20(26)19(11-17)13-25/h3,6-7,9,11-14,16,21,23,26H,4-5,8,10H2,1-2H3/t14-,21?,23-/m0/s1. The summed E-state index contributed by atoms with van der Waals surface area (Å²) in [5, 5.41) is 9.75. The maximum Gasteiger partial charge on any atom is 0.309 e. The molecule has 29 heavy (non-hydrogen) atoms. The second kappa shape index (κ2) is 7.90. The average molecular weight is 394 g/mol. The van der Waals surface area contributed by atoms with Gasteiger partial charge in [-0.2, -0.15) is 0 Å². The minimum absolute atomic E-state index is 0.0219. The number of hydrogen-bond acceptors (Lipinski definition) is 5. The molecule has 5 nitrogen and oxygen atoms in total. The molecule has 1 fully saturated rings. The zero-order valence-corrected chi connectivity index (χ0v) is 16.8. The molecule has 4 rings (SSSR count). The van der Waals surface area contributed by atoms with E-state index in [4.69, 9.17) is 9.47 Å². The fourth-order valence-electron chi connectivity index (χ4n) is 4.45. The van der Waals surface area contributed by atoms with E-state index in [9.17, 15) is 14.7 Å². The van der Waals surface area contributed by atoms with Gasteiger partial charge in [0.15, 0.2) is 6.29 Å². The third-order valence-electron chi connectivity index (χ3n) is 6.21. The van der Waals surface area contributed by atoms with Crippen LogP contribution in [-0.4, -0.2) is 24.5 Å². The van der Waals surface area contributed by atoms with E-state index >= 15 is 0 Å². The lowest BCUT2D eigenvalue weighted by Gasteiger charge is -2.29. The van der Waals surface area contributed by atoms with Crippen molar-refractivity contribution in [3.63, 3.8) is 0 Å². The van der Waals surface area contributed by atoms with E-state index in [2.05, 4.69) is 18.2 Å². The molecule has 2 aromatic carbocycles. The Hall–Kier alpha value is -2.82. The van der Waals surface area contributed by atoms with E-state index < -0.39 is 0 Å². The zero-order valence-electron chi connectivity index (χ0n) is 16.8. The minimum Gasteiger partial charge on any atom is -0.507 e. The SMILES string of the molecule is COC(=O)[C@@H](C)[C@H](c1ccc2c(c1)OC(c1ccc(O)c(C=O)c1)CC2)C1CC1. The molecule has 1 unspecified atom stereocenters. The van der Waals surface area contributed by atoms with Gasteiger partial charge in [-0.1, -0.05) is 25.1 Å². The van der Waals surface area contributed by atoms with Gasteiger partial charge < -0.3 is 14.6 Å². The smallest absolute Gasteiger partial charge is 0.309 e. The number of aryl methyl sites for hydroxylation is 1. The van der Waals surface area contributed by atoms with Gasteiger partial charge in [-0.15, -0.1) is 0 Å². The van der Waals surface area contributed by atoms with E-state index in [1.54, 1.807) is 12.1 Å². The van der Waals surface area contributed by atoms with Crippen molar-refractivity contribution in [2.75, 3.05) is 7.11 Å². The van der Waals surface area contributed by atoms with Gasteiger partial charge in [0, 0.05) is 0 Å². The van der Waals surface area contributed by atoms with Gasteiger partial charge in [-0.3, -0.25) is 9.59 Å². The molecule has 0 spiro atoms. The van der Waals surface area contributed by atoms with Crippen LogP contribution in [0.25, 0.3) is 0 Å². The number of carbonyl (C=O) groups is 2. The summed E-state index contributed by atoms with van der Waals surface area (Å²) in [6.07, 6.45) is 4.43. The largest absolute Gasteiger partial charge is 0.507 e. The predicted octanol–water partition coefficient (Wildman–Crippen LogP) is 4.57. The summed E-state index contributed by atoms with van der Waals surface area (Å²) < 4.78 is 11.3. The Morgan fingerprint density at radius 3 is 2.69 bits per heavy atom. The summed E-state index contributed by atoms with van der Waals surface area (Å²) in [6.45, 7) is 1.94. The first-order valence-corrected chi connectivity index (χ1v) is 10.2. The van der Waals surface area contributed by atoms with Gasteiger partial charge in [0.2, 0.25) is 0 Å². The van der Waals surface area contributed by atoms with Crippen LogP contribution in [0.1, 0.15) is 65.3 Å². The number of hydrogen-bond donors (Lipinski definition) is 1. The molecule has 1 heterocycles. The third kappa shape index (κ3) is 3.86. The molecule has 2 aliphatic rings. The van der Waals surface area contributed by atoms with E-state index in [0.717, 1.165) is 48.1 Å². The maximum absolute atomic E-state index is 12.2. The minimum atomic E-state index is -0.197. The van der Waals surface area contributed by atoms with Crippen LogP contribution >= 0.6 is 0 Å². The Bertz CT molecular complexity index is 931. The van der Waals surface area contributed by atoms with Crippen molar-refractivity contribution in [3.05, 3.63) is 58.7 Å². The zero-order chi connectivity index (χ0) is 20.5. The highest BCUT2D eigenvalue weighted by Crippen LogP contribution is 2.48. The predicted molar refractivity (Wildman–Crippen MR) is 108 cm³/mol. The van der Waals surface area contributed by atoms with Crippen LogP contribution in [0.4, 0.5) is 0 Å². The molecule has 1 N–H and O–H groups in total. The molecule has 152 valence electrons. The van der Waals surface area contributed by atoms with Crippen molar-refractivity contribution in [2.45, 2.75) is 44.6 Å². The summed E-state index contributed by atoms with van der Waals surface area (Å²) in [6, 6.07) is 11.3. The van der Waals surface area contributed by atoms with Crippen molar-refractivity contribution < 1.29 is 24.2 Å². The first-order valence-electron chi connectivity index (χ1n) is 10.2. The van der Waals surface area contributed by atoms with Gasteiger partial charge >= 0.3 is 5.97 Å². The summed E-state index contributed by atoms with van der Waals surface area (Å²) in [5.74, 6) is 1.08. The van der Waals surface area contributed by atoms with Gasteiger partial charge in [0.05, 0.1) is 18.6 Å². The average Bonchev–Trinajstić information content (AvgIpc) is 3.58. The number of esters is 1. The fourth-order valence-corrected chi connectivity index (χ4v) is 4.45. The van der Waals surface area contributed by atoms with E-state index in [-0.39, 0.29) is 35.2 Å². The first kappa shape index (κ1) is 19.5. The number of benzene rings is 2. The van der Waals surface area contributed by atoms with Crippen molar-refractivity contribution >= 4 is 12.3 Å². The molecule has 3 atom stereocenters. The lowest BCUT2D eigenvalue weighted by atomic mass is 9.82. The van der Waals surface area contributed by atoms with Crippen molar-refractivity contribution in [3.8, 4) is 11.5 Å². The Labute approximate surface area is 170 Å². The monoisotopic (exact) mass is 394 g/mol. The number of methoxy groups -OCH3 is 1. The molecular formula is C24H26O5. The molecule has 5 heteroatoms. The summed E-state index contributed by atoms with van der Waals surface area (Å²) in [7, 11) is 1.44. The number of aldehydes is 1. The maximum atomic E-state index is 12.2. The van der Waals surface area contributed by atoms with Crippen molar-refractivity contribution in [2.24, 2.45) is 11.8 Å². The number of carbonyl (C=O) groups excluding carboxylic acids is 2. The molecule has 0 saturated heterocycles. The molecule has 0 aromatic heterocycles. The lowest BCUT2D eigenvalue weighted by molar-refractivity contribution is -0.145. The molecule has 0 amide bonds. The number of rotatable bonds is 6. The molecule has 1 saturated carbocycles. The number of phenolic OH excluding ortho intramolecular Hbond substituents is 1. The van der Waals surface area contributed by atoms with E-state index in [0.29, 0.717) is 12.2 Å². The molecule has 1 aliphatic carbocycles. The van der Waals surface area contributed by atoms with Crippen molar-refractivity contribution in [1.82, 2.24) is 0 Å². The molecule has 0 bridgehead atoms. The van der Waals surface area contributed by atoms with Gasteiger partial charge in [-0.25, -0.2) is 0 Å². The Morgan fingerprint density at radius 2 is 2.00 bits per heavy atom. The van der Waals surface area contributed by atoms with E-state index in [1.807, 2.05) is 6.92 Å². The topological polar surface area (TPSA) is 72.8 Å². The van der Waals surface area contributed by atoms with Crippen molar-refractivity contribution in [1.29, 1.82) is 0 Å². The van der Waals surface area contributed by atoms with Crippen LogP contribution in [0.15, 0.2) is 36.4 Å². The van der Waals surface area contributed by atoms with Gasteiger partial charge in [-0.05, 0) is 72.4 Å². The van der Waals surface area contributed by atoms with E-state index in [1.165, 1.54) is 13.2 Å². The van der Waals surface area contributed by atoms with Gasteiger partial charge in [0.1, 0.15) is 17.6 Å². The molecular weight excluding hydrogens is 368 g/mol. The number of phenols is 1. The fraction of sp³-hybridized carbons (Fsp3) is 0.417. The number of ether oxygens (including phenoxy) is 2. The second-order valence-electron chi connectivity index (χ2n) is 8.12. The summed E-state index contributed by atoms with van der Waals surface area (Å²) in [5.41, 5.74) is 3.41. The van der Waals surface area contributed by atoms with Crippen LogP contribution < -0.4 is 4.74 Å². The lowest BCUT2D eigenvalue weighted by Crippen LogP contribution is -2.23. The summed E-state index contributed by atoms with van der Waals surface area (Å²) >= 11 is 0. The first-order chi connectivity index (χ1) is 14.0. The highest BCUT2D eigenvalue weighted by molar-refractivity contribution is 5.79. The Morgan fingerprint density at radius 1 is 1.21 bits per heavy atom. The van der Waals surface area contributed by atoms with Crippen LogP contribution in [0.2, 0.25) is 0 Å². The Kier molecular flexibility index (Phi) is 5.31.